The second-order valence-electron chi connectivity index (χ2n) is 4.42. The average molecular weight is 268 g/mol. The van der Waals surface area contributed by atoms with Crippen LogP contribution in [0.3, 0.4) is 0 Å². The van der Waals surface area contributed by atoms with Crippen LogP contribution in [0, 0.1) is 0 Å². The van der Waals surface area contributed by atoms with Crippen molar-refractivity contribution in [1.29, 1.82) is 0 Å². The lowest BCUT2D eigenvalue weighted by molar-refractivity contribution is 0.189. The first-order chi connectivity index (χ1) is 8.54. The van der Waals surface area contributed by atoms with Crippen molar-refractivity contribution < 1.29 is 5.11 Å². The molecule has 18 heavy (non-hydrogen) atoms. The first-order valence-corrected chi connectivity index (χ1v) is 6.45. The summed E-state index contributed by atoms with van der Waals surface area (Å²) in [6.45, 7) is 4.42. The number of aliphatic hydroxyl groups is 1. The van der Waals surface area contributed by atoms with Crippen LogP contribution in [0.2, 0.25) is 5.02 Å². The van der Waals surface area contributed by atoms with Crippen molar-refractivity contribution in [1.82, 2.24) is 14.3 Å². The molecule has 0 amide bonds. The molecule has 2 heterocycles. The van der Waals surface area contributed by atoms with E-state index in [1.54, 1.807) is 6.92 Å². The van der Waals surface area contributed by atoms with Gasteiger partial charge in [-0.25, -0.2) is 0 Å². The van der Waals surface area contributed by atoms with E-state index in [0.29, 0.717) is 6.54 Å². The molecular formula is C13H18ClN3O. The maximum absolute atomic E-state index is 9.69. The SMILES string of the molecule is CCc1nn(C)c(Cn2cccc2C(C)O)c1Cl. The minimum atomic E-state index is -0.488. The highest BCUT2D eigenvalue weighted by atomic mass is 35.5. The molecule has 0 saturated carbocycles. The number of hydrogen-bond donors (Lipinski definition) is 1. The lowest BCUT2D eigenvalue weighted by atomic mass is 10.2. The molecule has 0 spiro atoms. The molecule has 1 atom stereocenters. The second kappa shape index (κ2) is 5.16. The molecule has 4 nitrogen and oxygen atoms in total. The molecule has 0 aromatic carbocycles. The van der Waals surface area contributed by atoms with Crippen LogP contribution >= 0.6 is 11.6 Å². The van der Waals surface area contributed by atoms with Crippen molar-refractivity contribution >= 4 is 11.6 Å². The molecule has 1 N–H and O–H groups in total. The van der Waals surface area contributed by atoms with Crippen molar-refractivity contribution in [2.24, 2.45) is 7.05 Å². The molecule has 0 saturated heterocycles. The topological polar surface area (TPSA) is 43.0 Å². The zero-order valence-electron chi connectivity index (χ0n) is 10.9. The maximum Gasteiger partial charge on any atom is 0.0911 e. The van der Waals surface area contributed by atoms with Gasteiger partial charge >= 0.3 is 0 Å². The van der Waals surface area contributed by atoms with Gasteiger partial charge in [-0.05, 0) is 25.5 Å². The Hall–Kier alpha value is -1.26. The van der Waals surface area contributed by atoms with Gasteiger partial charge in [-0.2, -0.15) is 5.10 Å². The summed E-state index contributed by atoms with van der Waals surface area (Å²) in [5.74, 6) is 0. The van der Waals surface area contributed by atoms with Crippen molar-refractivity contribution in [2.75, 3.05) is 0 Å². The number of halogens is 1. The summed E-state index contributed by atoms with van der Waals surface area (Å²) >= 11 is 6.32. The van der Waals surface area contributed by atoms with Crippen molar-refractivity contribution in [3.05, 3.63) is 40.4 Å². The molecule has 98 valence electrons. The molecule has 5 heteroatoms. The van der Waals surface area contributed by atoms with Crippen LogP contribution in [0.15, 0.2) is 18.3 Å². The van der Waals surface area contributed by atoms with E-state index in [-0.39, 0.29) is 0 Å². The normalized spacial score (nSPS) is 12.9. The molecule has 0 fully saturated rings. The Kier molecular flexibility index (Phi) is 3.78. The molecule has 0 radical (unpaired) electrons. The van der Waals surface area contributed by atoms with Crippen LogP contribution in [0.25, 0.3) is 0 Å². The monoisotopic (exact) mass is 267 g/mol. The average Bonchev–Trinajstić information content (AvgIpc) is 2.88. The Labute approximate surface area is 112 Å². The van der Waals surface area contributed by atoms with Crippen LogP contribution in [0.5, 0.6) is 0 Å². The van der Waals surface area contributed by atoms with Crippen LogP contribution in [-0.2, 0) is 20.0 Å². The van der Waals surface area contributed by atoms with Crippen LogP contribution in [-0.4, -0.2) is 19.5 Å². The van der Waals surface area contributed by atoms with Crippen molar-refractivity contribution in [3.63, 3.8) is 0 Å². The third-order valence-corrected chi connectivity index (χ3v) is 3.55. The quantitative estimate of drug-likeness (QED) is 0.925. The highest BCUT2D eigenvalue weighted by Crippen LogP contribution is 2.23. The van der Waals surface area contributed by atoms with Gasteiger partial charge in [-0.1, -0.05) is 18.5 Å². The minimum Gasteiger partial charge on any atom is -0.387 e. The summed E-state index contributed by atoms with van der Waals surface area (Å²) in [5, 5.41) is 14.8. The van der Waals surface area contributed by atoms with E-state index in [2.05, 4.69) is 5.10 Å². The van der Waals surface area contributed by atoms with Gasteiger partial charge in [-0.15, -0.1) is 0 Å². The third-order valence-electron chi connectivity index (χ3n) is 3.12. The Morgan fingerprint density at radius 1 is 1.50 bits per heavy atom. The van der Waals surface area contributed by atoms with Crippen LogP contribution < -0.4 is 0 Å². The van der Waals surface area contributed by atoms with E-state index in [1.807, 2.05) is 41.5 Å². The smallest absolute Gasteiger partial charge is 0.0911 e. The molecule has 0 bridgehead atoms. The van der Waals surface area contributed by atoms with Crippen molar-refractivity contribution in [3.8, 4) is 0 Å². The lowest BCUT2D eigenvalue weighted by Crippen LogP contribution is -2.09. The standard InChI is InChI=1S/C13H18ClN3O/c1-4-10-13(14)12(16(3)15-10)8-17-7-5-6-11(17)9(2)18/h5-7,9,18H,4,8H2,1-3H3. The molecule has 2 rings (SSSR count). The number of aliphatic hydroxyl groups excluding tert-OH is 1. The molecular weight excluding hydrogens is 250 g/mol. The number of nitrogens with zero attached hydrogens (tertiary/aromatic N) is 3. The van der Waals surface area contributed by atoms with Gasteiger partial charge in [0, 0.05) is 18.9 Å². The van der Waals surface area contributed by atoms with Crippen LogP contribution in [0.1, 0.15) is 37.0 Å². The lowest BCUT2D eigenvalue weighted by Gasteiger charge is -2.11. The van der Waals surface area contributed by atoms with E-state index < -0.39 is 6.10 Å². The summed E-state index contributed by atoms with van der Waals surface area (Å²) in [5.41, 5.74) is 2.76. The van der Waals surface area contributed by atoms with Crippen LogP contribution in [0.4, 0.5) is 0 Å². The highest BCUT2D eigenvalue weighted by molar-refractivity contribution is 6.31. The first-order valence-electron chi connectivity index (χ1n) is 6.08. The summed E-state index contributed by atoms with van der Waals surface area (Å²) in [4.78, 5) is 0. The number of aryl methyl sites for hydroxylation is 2. The Morgan fingerprint density at radius 3 is 2.78 bits per heavy atom. The van der Waals surface area contributed by atoms with Crippen molar-refractivity contribution in [2.45, 2.75) is 32.9 Å². The van der Waals surface area contributed by atoms with Gasteiger partial charge in [-0.3, -0.25) is 4.68 Å². The number of aromatic nitrogens is 3. The fourth-order valence-electron chi connectivity index (χ4n) is 2.10. The third kappa shape index (κ3) is 2.31. The van der Waals surface area contributed by atoms with Gasteiger partial charge in [0.2, 0.25) is 0 Å². The number of hydrogen-bond acceptors (Lipinski definition) is 2. The predicted molar refractivity (Wildman–Crippen MR) is 71.8 cm³/mol. The first kappa shape index (κ1) is 13.2. The molecule has 2 aromatic heterocycles. The number of rotatable bonds is 4. The summed E-state index contributed by atoms with van der Waals surface area (Å²) in [6, 6.07) is 3.84. The molecule has 0 aliphatic heterocycles. The van der Waals surface area contributed by atoms with E-state index in [1.165, 1.54) is 0 Å². The Balaban J connectivity index is 2.34. The molecule has 0 aliphatic rings. The van der Waals surface area contributed by atoms with Gasteiger partial charge in [0.15, 0.2) is 0 Å². The van der Waals surface area contributed by atoms with E-state index in [4.69, 9.17) is 11.6 Å². The predicted octanol–water partition coefficient (Wildman–Crippen LogP) is 2.54. The molecule has 1 unspecified atom stereocenters. The van der Waals surface area contributed by atoms with E-state index in [0.717, 1.165) is 28.5 Å². The largest absolute Gasteiger partial charge is 0.387 e. The van der Waals surface area contributed by atoms with E-state index in [9.17, 15) is 5.11 Å². The molecule has 0 aliphatic carbocycles. The second-order valence-corrected chi connectivity index (χ2v) is 4.80. The van der Waals surface area contributed by atoms with E-state index >= 15 is 0 Å². The zero-order chi connectivity index (χ0) is 13.3. The zero-order valence-corrected chi connectivity index (χ0v) is 11.6. The van der Waals surface area contributed by atoms with Gasteiger partial charge in [0.05, 0.1) is 29.1 Å². The minimum absolute atomic E-state index is 0.488. The van der Waals surface area contributed by atoms with Gasteiger partial charge < -0.3 is 9.67 Å². The van der Waals surface area contributed by atoms with Gasteiger partial charge in [0.1, 0.15) is 0 Å². The highest BCUT2D eigenvalue weighted by Gasteiger charge is 2.15. The summed E-state index contributed by atoms with van der Waals surface area (Å²) in [6.07, 6.45) is 2.27. The molecule has 2 aromatic rings. The fraction of sp³-hybridized carbons (Fsp3) is 0.462. The fourth-order valence-corrected chi connectivity index (χ4v) is 2.46. The summed E-state index contributed by atoms with van der Waals surface area (Å²) < 4.78 is 3.81. The maximum atomic E-state index is 9.69. The Bertz CT molecular complexity index is 542. The summed E-state index contributed by atoms with van der Waals surface area (Å²) in [7, 11) is 1.89. The van der Waals surface area contributed by atoms with Gasteiger partial charge in [0.25, 0.3) is 0 Å². The Morgan fingerprint density at radius 2 is 2.22 bits per heavy atom.